The van der Waals surface area contributed by atoms with Crippen LogP contribution < -0.4 is 4.74 Å². The molecule has 0 N–H and O–H groups in total. The van der Waals surface area contributed by atoms with E-state index >= 15 is 0 Å². The summed E-state index contributed by atoms with van der Waals surface area (Å²) in [4.78, 5) is 12.7. The number of carbonyl (C=O) groups excluding carboxylic acids is 1. The zero-order valence-electron chi connectivity index (χ0n) is 14.4. The highest BCUT2D eigenvalue weighted by molar-refractivity contribution is 6.00. The van der Waals surface area contributed by atoms with Crippen LogP contribution in [0.25, 0.3) is 5.88 Å². The molecule has 0 spiro atoms. The van der Waals surface area contributed by atoms with Gasteiger partial charge in [0.15, 0.2) is 5.78 Å². The zero-order chi connectivity index (χ0) is 18.1. The van der Waals surface area contributed by atoms with Crippen LogP contribution in [0.3, 0.4) is 0 Å². The monoisotopic (exact) mass is 346 g/mol. The van der Waals surface area contributed by atoms with Gasteiger partial charge in [-0.3, -0.25) is 9.36 Å². The number of methoxy groups -OCH3 is 1. The minimum Gasteiger partial charge on any atom is -0.497 e. The van der Waals surface area contributed by atoms with Gasteiger partial charge in [0, 0.05) is 30.8 Å². The third kappa shape index (κ3) is 2.60. The van der Waals surface area contributed by atoms with Gasteiger partial charge in [-0.15, -0.1) is 0 Å². The first-order valence-electron chi connectivity index (χ1n) is 8.58. The number of ether oxygens (including phenoxy) is 2. The molecule has 2 aromatic rings. The predicted molar refractivity (Wildman–Crippen MR) is 96.0 cm³/mol. The second-order valence-corrected chi connectivity index (χ2v) is 6.34. The van der Waals surface area contributed by atoms with Crippen LogP contribution in [0.2, 0.25) is 0 Å². The highest BCUT2D eigenvalue weighted by atomic mass is 16.5. The number of hydrogen-bond acceptors (Lipinski definition) is 4. The van der Waals surface area contributed by atoms with Crippen LogP contribution in [0, 0.1) is 11.3 Å². The molecule has 1 aromatic carbocycles. The smallest absolute Gasteiger partial charge is 0.218 e. The molecule has 130 valence electrons. The van der Waals surface area contributed by atoms with Crippen molar-refractivity contribution in [2.24, 2.45) is 0 Å². The van der Waals surface area contributed by atoms with Gasteiger partial charge in [-0.2, -0.15) is 5.26 Å². The topological polar surface area (TPSA) is 64.2 Å². The summed E-state index contributed by atoms with van der Waals surface area (Å²) >= 11 is 0. The molecule has 1 aliphatic carbocycles. The van der Waals surface area contributed by atoms with Crippen LogP contribution >= 0.6 is 0 Å². The molecule has 4 rings (SSSR count). The van der Waals surface area contributed by atoms with Crippen LogP contribution in [0.4, 0.5) is 0 Å². The number of carbonyl (C=O) groups is 1. The third-order valence-corrected chi connectivity index (χ3v) is 4.84. The Kier molecular flexibility index (Phi) is 4.10. The second kappa shape index (κ2) is 6.57. The predicted octanol–water partition coefficient (Wildman–Crippen LogP) is 4.01. The van der Waals surface area contributed by atoms with E-state index in [1.54, 1.807) is 11.7 Å². The van der Waals surface area contributed by atoms with Crippen molar-refractivity contribution in [3.8, 4) is 11.8 Å². The average Bonchev–Trinajstić information content (AvgIpc) is 3.21. The summed E-state index contributed by atoms with van der Waals surface area (Å²) in [5, 5.41) is 9.91. The summed E-state index contributed by atoms with van der Waals surface area (Å²) in [6.07, 6.45) is 5.65. The van der Waals surface area contributed by atoms with Crippen molar-refractivity contribution in [3.05, 3.63) is 71.3 Å². The Bertz CT molecular complexity index is 944. The Hall–Kier alpha value is -3.26. The number of ketones is 1. The number of aromatic nitrogens is 1. The number of nitriles is 1. The van der Waals surface area contributed by atoms with Crippen molar-refractivity contribution in [2.45, 2.75) is 25.2 Å². The lowest BCUT2D eigenvalue weighted by Crippen LogP contribution is -2.26. The first-order valence-corrected chi connectivity index (χ1v) is 8.58. The van der Waals surface area contributed by atoms with E-state index < -0.39 is 5.92 Å². The maximum atomic E-state index is 12.7. The van der Waals surface area contributed by atoms with Crippen molar-refractivity contribution in [1.29, 1.82) is 5.26 Å². The highest BCUT2D eigenvalue weighted by Gasteiger charge is 2.39. The van der Waals surface area contributed by atoms with Gasteiger partial charge < -0.3 is 9.47 Å². The molecule has 0 unspecified atom stereocenters. The van der Waals surface area contributed by atoms with Crippen LogP contribution in [-0.2, 0) is 9.53 Å². The zero-order valence-corrected chi connectivity index (χ0v) is 14.4. The SMILES string of the molecule is COc1ccc([C@H]2C(C#N)=C(n3cccc3)OC3=C2C(=O)CCC3)cc1. The molecule has 1 atom stereocenters. The van der Waals surface area contributed by atoms with Crippen molar-refractivity contribution in [2.75, 3.05) is 7.11 Å². The van der Waals surface area contributed by atoms with Gasteiger partial charge in [0.25, 0.3) is 0 Å². The molecule has 1 aliphatic heterocycles. The Labute approximate surface area is 151 Å². The Balaban J connectivity index is 1.91. The Morgan fingerprint density at radius 2 is 1.92 bits per heavy atom. The molecule has 0 amide bonds. The fraction of sp³-hybridized carbons (Fsp3) is 0.238. The van der Waals surface area contributed by atoms with E-state index in [-0.39, 0.29) is 5.78 Å². The summed E-state index contributed by atoms with van der Waals surface area (Å²) in [6, 6.07) is 13.6. The second-order valence-electron chi connectivity index (χ2n) is 6.34. The van der Waals surface area contributed by atoms with Gasteiger partial charge in [-0.05, 0) is 36.2 Å². The molecule has 5 nitrogen and oxygen atoms in total. The molecule has 2 heterocycles. The Morgan fingerprint density at radius 3 is 2.58 bits per heavy atom. The highest BCUT2D eigenvalue weighted by Crippen LogP contribution is 2.45. The van der Waals surface area contributed by atoms with Crippen LogP contribution in [0.5, 0.6) is 5.75 Å². The number of allylic oxidation sites excluding steroid dienone is 3. The summed E-state index contributed by atoms with van der Waals surface area (Å²) in [6.45, 7) is 0. The van der Waals surface area contributed by atoms with Crippen LogP contribution in [-0.4, -0.2) is 17.5 Å². The van der Waals surface area contributed by atoms with Crippen LogP contribution in [0.15, 0.2) is 65.7 Å². The van der Waals surface area contributed by atoms with Gasteiger partial charge in [0.05, 0.1) is 13.0 Å². The summed E-state index contributed by atoms with van der Waals surface area (Å²) in [7, 11) is 1.61. The van der Waals surface area contributed by atoms with E-state index in [0.29, 0.717) is 35.6 Å². The number of benzene rings is 1. The molecular weight excluding hydrogens is 328 g/mol. The van der Waals surface area contributed by atoms with E-state index in [2.05, 4.69) is 6.07 Å². The van der Waals surface area contributed by atoms with Gasteiger partial charge in [0.1, 0.15) is 23.2 Å². The van der Waals surface area contributed by atoms with E-state index in [9.17, 15) is 10.1 Å². The lowest BCUT2D eigenvalue weighted by molar-refractivity contribution is -0.116. The lowest BCUT2D eigenvalue weighted by atomic mass is 9.77. The molecule has 0 saturated heterocycles. The fourth-order valence-corrected chi connectivity index (χ4v) is 3.61. The number of nitrogens with zero attached hydrogens (tertiary/aromatic N) is 2. The number of Topliss-reactive ketones (excluding diaryl/α,β-unsaturated/α-hetero) is 1. The summed E-state index contributed by atoms with van der Waals surface area (Å²) in [5.41, 5.74) is 1.95. The maximum Gasteiger partial charge on any atom is 0.218 e. The molecule has 5 heteroatoms. The minimum absolute atomic E-state index is 0.0615. The first-order chi connectivity index (χ1) is 12.7. The standard InChI is InChI=1S/C21H18N2O3/c1-25-15-9-7-14(8-10-15)19-16(13-22)21(23-11-2-3-12-23)26-18-6-4-5-17(24)20(18)19/h2-3,7-12,19H,4-6H2,1H3/t19-/m0/s1. The molecule has 0 bridgehead atoms. The largest absolute Gasteiger partial charge is 0.497 e. The normalized spacial score (nSPS) is 19.7. The molecule has 2 aliphatic rings. The van der Waals surface area contributed by atoms with Crippen molar-refractivity contribution >= 4 is 11.7 Å². The Morgan fingerprint density at radius 1 is 1.19 bits per heavy atom. The van der Waals surface area contributed by atoms with E-state index in [1.807, 2.05) is 48.8 Å². The van der Waals surface area contributed by atoms with Crippen molar-refractivity contribution in [3.63, 3.8) is 0 Å². The quantitative estimate of drug-likeness (QED) is 0.842. The molecule has 0 radical (unpaired) electrons. The van der Waals surface area contributed by atoms with Gasteiger partial charge in [-0.25, -0.2) is 0 Å². The molecular formula is C21H18N2O3. The van der Waals surface area contributed by atoms with E-state index in [0.717, 1.165) is 17.7 Å². The third-order valence-electron chi connectivity index (χ3n) is 4.84. The maximum absolute atomic E-state index is 12.7. The number of hydrogen-bond donors (Lipinski definition) is 0. The van der Waals surface area contributed by atoms with Gasteiger partial charge in [-0.1, -0.05) is 12.1 Å². The summed E-state index contributed by atoms with van der Waals surface area (Å²) < 4.78 is 13.1. The van der Waals surface area contributed by atoms with Gasteiger partial charge in [0.2, 0.25) is 5.88 Å². The van der Waals surface area contributed by atoms with Crippen LogP contribution in [0.1, 0.15) is 30.7 Å². The average molecular weight is 346 g/mol. The van der Waals surface area contributed by atoms with E-state index in [1.165, 1.54) is 0 Å². The minimum atomic E-state index is -0.417. The number of rotatable bonds is 3. The van der Waals surface area contributed by atoms with E-state index in [4.69, 9.17) is 9.47 Å². The molecule has 1 aromatic heterocycles. The molecule has 0 fully saturated rings. The molecule has 0 saturated carbocycles. The van der Waals surface area contributed by atoms with Gasteiger partial charge >= 0.3 is 0 Å². The lowest BCUT2D eigenvalue weighted by Gasteiger charge is -2.32. The summed E-state index contributed by atoms with van der Waals surface area (Å²) in [5.74, 6) is 1.54. The first kappa shape index (κ1) is 16.2. The fourth-order valence-electron chi connectivity index (χ4n) is 3.61. The molecule has 26 heavy (non-hydrogen) atoms. The van der Waals surface area contributed by atoms with Crippen molar-refractivity contribution in [1.82, 2.24) is 4.57 Å². The van der Waals surface area contributed by atoms with Crippen molar-refractivity contribution < 1.29 is 14.3 Å².